The summed E-state index contributed by atoms with van der Waals surface area (Å²) in [5.74, 6) is -0.288. The van der Waals surface area contributed by atoms with E-state index in [-0.39, 0.29) is 29.1 Å². The van der Waals surface area contributed by atoms with E-state index in [9.17, 15) is 18.0 Å². The molecular formula is C30H36ClN3O5S. The van der Waals surface area contributed by atoms with Gasteiger partial charge >= 0.3 is 0 Å². The van der Waals surface area contributed by atoms with Gasteiger partial charge in [-0.1, -0.05) is 41.4 Å². The topological polar surface area (TPSA) is 96.0 Å². The molecule has 1 unspecified atom stereocenters. The predicted octanol–water partition coefficient (Wildman–Crippen LogP) is 5.18. The number of anilines is 1. The highest BCUT2D eigenvalue weighted by Gasteiger charge is 2.32. The molecule has 0 aliphatic heterocycles. The molecular weight excluding hydrogens is 550 g/mol. The number of carbonyl (C=O) groups excluding carboxylic acids is 2. The molecule has 10 heteroatoms. The van der Waals surface area contributed by atoms with Crippen LogP contribution in [0.4, 0.5) is 5.69 Å². The van der Waals surface area contributed by atoms with Gasteiger partial charge in [-0.2, -0.15) is 0 Å². The Balaban J connectivity index is 2.02. The second-order valence-corrected chi connectivity index (χ2v) is 12.0. The van der Waals surface area contributed by atoms with Crippen LogP contribution in [0.25, 0.3) is 0 Å². The summed E-state index contributed by atoms with van der Waals surface area (Å²) in [5.41, 5.74) is 2.15. The van der Waals surface area contributed by atoms with Crippen LogP contribution in [0.3, 0.4) is 0 Å². The average Bonchev–Trinajstić information content (AvgIpc) is 2.91. The minimum atomic E-state index is -4.18. The molecule has 1 atom stereocenters. The lowest BCUT2D eigenvalue weighted by atomic mass is 10.1. The second-order valence-electron chi connectivity index (χ2n) is 9.74. The molecule has 0 aromatic heterocycles. The summed E-state index contributed by atoms with van der Waals surface area (Å²) in [4.78, 5) is 28.3. The number of rotatable bonds is 12. The molecule has 0 saturated carbocycles. The maximum atomic E-state index is 13.9. The molecule has 0 fully saturated rings. The first kappa shape index (κ1) is 31.0. The van der Waals surface area contributed by atoms with Crippen molar-refractivity contribution in [3.05, 3.63) is 88.9 Å². The van der Waals surface area contributed by atoms with Crippen LogP contribution in [0.15, 0.2) is 77.7 Å². The van der Waals surface area contributed by atoms with Crippen LogP contribution in [0.5, 0.6) is 5.75 Å². The SMILES string of the molecule is CCOc1ccc(N(CC(=O)N(Cc2ccc(C)cc2)C(C)C(=O)NC(C)C)S(=O)(=O)c2ccc(Cl)cc2)cc1. The Hall–Kier alpha value is -3.56. The lowest BCUT2D eigenvalue weighted by molar-refractivity contribution is -0.139. The molecule has 0 aliphatic rings. The fourth-order valence-corrected chi connectivity index (χ4v) is 5.56. The van der Waals surface area contributed by atoms with Crippen LogP contribution < -0.4 is 14.4 Å². The molecule has 214 valence electrons. The van der Waals surface area contributed by atoms with Gasteiger partial charge in [-0.25, -0.2) is 8.42 Å². The first-order valence-electron chi connectivity index (χ1n) is 13.1. The number of nitrogens with zero attached hydrogens (tertiary/aromatic N) is 2. The molecule has 3 aromatic carbocycles. The van der Waals surface area contributed by atoms with E-state index in [0.717, 1.165) is 15.4 Å². The Morgan fingerprint density at radius 3 is 2.08 bits per heavy atom. The van der Waals surface area contributed by atoms with Crippen molar-refractivity contribution >= 4 is 39.1 Å². The van der Waals surface area contributed by atoms with Gasteiger partial charge in [0, 0.05) is 17.6 Å². The lowest BCUT2D eigenvalue weighted by Crippen LogP contribution is -2.52. The van der Waals surface area contributed by atoms with Crippen LogP contribution >= 0.6 is 11.6 Å². The third-order valence-electron chi connectivity index (χ3n) is 6.19. The van der Waals surface area contributed by atoms with Crippen LogP contribution in [0, 0.1) is 6.92 Å². The maximum absolute atomic E-state index is 13.9. The van der Waals surface area contributed by atoms with Crippen LogP contribution in [0.2, 0.25) is 5.02 Å². The highest BCUT2D eigenvalue weighted by molar-refractivity contribution is 7.92. The number of sulfonamides is 1. The van der Waals surface area contributed by atoms with Gasteiger partial charge in [-0.05, 0) is 88.7 Å². The molecule has 0 bridgehead atoms. The van der Waals surface area contributed by atoms with E-state index < -0.39 is 28.5 Å². The lowest BCUT2D eigenvalue weighted by Gasteiger charge is -2.32. The van der Waals surface area contributed by atoms with Gasteiger partial charge < -0.3 is 15.0 Å². The number of nitrogens with one attached hydrogen (secondary N) is 1. The summed E-state index contributed by atoms with van der Waals surface area (Å²) in [7, 11) is -4.18. The summed E-state index contributed by atoms with van der Waals surface area (Å²) >= 11 is 6.00. The van der Waals surface area contributed by atoms with Gasteiger partial charge in [-0.3, -0.25) is 13.9 Å². The average molecular weight is 586 g/mol. The third-order valence-corrected chi connectivity index (χ3v) is 8.23. The van der Waals surface area contributed by atoms with Crippen molar-refractivity contribution in [1.82, 2.24) is 10.2 Å². The number of amides is 2. The zero-order chi connectivity index (χ0) is 29.4. The highest BCUT2D eigenvalue weighted by Crippen LogP contribution is 2.27. The van der Waals surface area contributed by atoms with E-state index in [0.29, 0.717) is 17.4 Å². The van der Waals surface area contributed by atoms with E-state index in [4.69, 9.17) is 16.3 Å². The number of carbonyl (C=O) groups is 2. The number of ether oxygens (including phenoxy) is 1. The maximum Gasteiger partial charge on any atom is 0.264 e. The van der Waals surface area contributed by atoms with Crippen molar-refractivity contribution in [3.8, 4) is 5.75 Å². The predicted molar refractivity (Wildman–Crippen MR) is 158 cm³/mol. The Morgan fingerprint density at radius 1 is 0.925 bits per heavy atom. The van der Waals surface area contributed by atoms with Crippen LogP contribution in [-0.4, -0.2) is 50.4 Å². The molecule has 0 spiro atoms. The van der Waals surface area contributed by atoms with Crippen molar-refractivity contribution in [2.45, 2.75) is 58.1 Å². The van der Waals surface area contributed by atoms with Gasteiger partial charge in [-0.15, -0.1) is 0 Å². The van der Waals surface area contributed by atoms with E-state index in [2.05, 4.69) is 5.32 Å². The van der Waals surface area contributed by atoms with Gasteiger partial charge in [0.2, 0.25) is 11.8 Å². The largest absolute Gasteiger partial charge is 0.494 e. The van der Waals surface area contributed by atoms with E-state index in [1.807, 2.05) is 52.0 Å². The highest BCUT2D eigenvalue weighted by atomic mass is 35.5. The molecule has 8 nitrogen and oxygen atoms in total. The molecule has 40 heavy (non-hydrogen) atoms. The van der Waals surface area contributed by atoms with Crippen molar-refractivity contribution in [3.63, 3.8) is 0 Å². The van der Waals surface area contributed by atoms with Gasteiger partial charge in [0.15, 0.2) is 0 Å². The fourth-order valence-electron chi connectivity index (χ4n) is 4.02. The summed E-state index contributed by atoms with van der Waals surface area (Å²) in [5, 5.41) is 3.23. The molecule has 0 saturated heterocycles. The molecule has 3 rings (SSSR count). The Labute approximate surface area is 241 Å². The van der Waals surface area contributed by atoms with Crippen LogP contribution in [-0.2, 0) is 26.2 Å². The smallest absolute Gasteiger partial charge is 0.264 e. The summed E-state index contributed by atoms with van der Waals surface area (Å²) in [6.07, 6.45) is 0. The number of hydrogen-bond acceptors (Lipinski definition) is 5. The van der Waals surface area contributed by atoms with Crippen molar-refractivity contribution in [2.75, 3.05) is 17.5 Å². The van der Waals surface area contributed by atoms with E-state index >= 15 is 0 Å². The summed E-state index contributed by atoms with van der Waals surface area (Å²) in [6, 6.07) is 18.9. The minimum Gasteiger partial charge on any atom is -0.494 e. The number of benzene rings is 3. The van der Waals surface area contributed by atoms with E-state index in [1.165, 1.54) is 29.2 Å². The van der Waals surface area contributed by atoms with Gasteiger partial charge in [0.25, 0.3) is 10.0 Å². The van der Waals surface area contributed by atoms with Gasteiger partial charge in [0.1, 0.15) is 18.3 Å². The molecule has 0 heterocycles. The molecule has 1 N–H and O–H groups in total. The molecule has 0 radical (unpaired) electrons. The van der Waals surface area contributed by atoms with Gasteiger partial charge in [0.05, 0.1) is 17.2 Å². The third kappa shape index (κ3) is 7.99. The molecule has 0 aliphatic carbocycles. The van der Waals surface area contributed by atoms with E-state index in [1.54, 1.807) is 31.2 Å². The first-order chi connectivity index (χ1) is 18.9. The monoisotopic (exact) mass is 585 g/mol. The Kier molecular flexibility index (Phi) is 10.6. The molecule has 2 amide bonds. The first-order valence-corrected chi connectivity index (χ1v) is 14.9. The second kappa shape index (κ2) is 13.7. The summed E-state index contributed by atoms with van der Waals surface area (Å²) in [6.45, 7) is 9.18. The number of aryl methyl sites for hydroxylation is 1. The van der Waals surface area contributed by atoms with Crippen molar-refractivity contribution in [2.24, 2.45) is 0 Å². The Morgan fingerprint density at radius 2 is 1.52 bits per heavy atom. The quantitative estimate of drug-likeness (QED) is 0.316. The Bertz CT molecular complexity index is 1390. The normalized spacial score (nSPS) is 12.1. The standard InChI is InChI=1S/C30H36ClN3O5S/c1-6-39-27-15-13-26(14-16-27)34(40(37,38)28-17-11-25(31)12-18-28)20-29(35)33(23(5)30(36)32-21(2)3)19-24-9-7-22(4)8-10-24/h7-18,21,23H,6,19-20H2,1-5H3,(H,32,36). The van der Waals surface area contributed by atoms with Crippen molar-refractivity contribution < 1.29 is 22.7 Å². The van der Waals surface area contributed by atoms with Crippen molar-refractivity contribution in [1.29, 1.82) is 0 Å². The summed E-state index contributed by atoms with van der Waals surface area (Å²) < 4.78 is 34.3. The zero-order valence-electron chi connectivity index (χ0n) is 23.4. The minimum absolute atomic E-state index is 0.0192. The fraction of sp³-hybridized carbons (Fsp3) is 0.333. The molecule has 3 aromatic rings. The number of halogens is 1. The van der Waals surface area contributed by atoms with Crippen LogP contribution in [0.1, 0.15) is 38.8 Å². The zero-order valence-corrected chi connectivity index (χ0v) is 25.0. The number of hydrogen-bond donors (Lipinski definition) is 1.